The van der Waals surface area contributed by atoms with Crippen LogP contribution >= 0.6 is 15.9 Å². The number of aliphatic hydroxyl groups is 1. The number of rotatable bonds is 16. The molecule has 19 heteroatoms. The number of likely N-dealkylation sites (N-methyl/N-ethyl adjacent to an activating group) is 1. The van der Waals surface area contributed by atoms with E-state index in [9.17, 15) is 26.3 Å². The van der Waals surface area contributed by atoms with E-state index < -0.39 is 23.5 Å². The second-order valence-electron chi connectivity index (χ2n) is 14.1. The highest BCUT2D eigenvalue weighted by Crippen LogP contribution is 2.31. The summed E-state index contributed by atoms with van der Waals surface area (Å²) in [6, 6.07) is 25.2. The first-order chi connectivity index (χ1) is 29.1. The number of aromatic nitrogens is 8. The molecule has 0 unspecified atom stereocenters. The van der Waals surface area contributed by atoms with E-state index in [1.54, 1.807) is 0 Å². The molecular formula is C42H49BrF6N10O2. The SMILES string of the molecule is CN(C)CCBr.CN(C)CCOCCn1nnc(-c2ccccc2Cc2ccc(C(F)(F)F)cc2)n1.OCCn1nnc(-c2ccccc2Cc2ccc(C(F)(F)F)cc2)n1. The number of alkyl halides is 7. The Morgan fingerprint density at radius 1 is 0.590 bits per heavy atom. The van der Waals surface area contributed by atoms with E-state index >= 15 is 0 Å². The van der Waals surface area contributed by atoms with E-state index in [1.165, 1.54) is 33.9 Å². The van der Waals surface area contributed by atoms with Crippen molar-refractivity contribution in [2.45, 2.75) is 38.3 Å². The van der Waals surface area contributed by atoms with Crippen LogP contribution in [0.1, 0.15) is 33.4 Å². The maximum atomic E-state index is 12.8. The summed E-state index contributed by atoms with van der Waals surface area (Å²) in [4.78, 5) is 6.96. The summed E-state index contributed by atoms with van der Waals surface area (Å²) in [7, 11) is 8.08. The van der Waals surface area contributed by atoms with Crippen molar-refractivity contribution in [1.29, 1.82) is 0 Å². The topological polar surface area (TPSA) is 123 Å². The fourth-order valence-corrected chi connectivity index (χ4v) is 6.20. The van der Waals surface area contributed by atoms with Crippen molar-refractivity contribution < 1.29 is 36.2 Å². The molecule has 0 aliphatic heterocycles. The molecule has 0 spiro atoms. The van der Waals surface area contributed by atoms with E-state index in [1.807, 2.05) is 67.5 Å². The minimum atomic E-state index is -4.34. The summed E-state index contributed by atoms with van der Waals surface area (Å²) in [5.74, 6) is 0.891. The molecule has 0 atom stereocenters. The van der Waals surface area contributed by atoms with Crippen LogP contribution in [0.15, 0.2) is 97.1 Å². The Morgan fingerprint density at radius 2 is 1.02 bits per heavy atom. The second kappa shape index (κ2) is 23.8. The van der Waals surface area contributed by atoms with Crippen LogP contribution in [0.2, 0.25) is 0 Å². The van der Waals surface area contributed by atoms with Crippen LogP contribution in [0.5, 0.6) is 0 Å². The number of tetrazole rings is 2. The predicted octanol–water partition coefficient (Wildman–Crippen LogP) is 7.41. The molecule has 328 valence electrons. The standard InChI is InChI=1S/C21H24F3N5O.C17H15F3N4O.C4H10BrN/c1-28(2)11-13-30-14-12-29-26-20(25-27-29)19-6-4-3-5-17(19)15-16-7-9-18(10-8-16)21(22,23)24;18-17(19,20)14-7-5-12(6-8-14)11-13-3-1-2-4-15(13)16-21-23-24(22-16)9-10-25;1-6(2)4-3-5/h3-10H,11-15H2,1-2H3;1-8,25H,9-11H2;3-4H2,1-2H3. The molecule has 1 N–H and O–H groups in total. The quantitative estimate of drug-likeness (QED) is 0.0597. The van der Waals surface area contributed by atoms with Crippen molar-refractivity contribution in [1.82, 2.24) is 50.2 Å². The highest BCUT2D eigenvalue weighted by molar-refractivity contribution is 9.09. The third-order valence-electron chi connectivity index (χ3n) is 8.72. The molecule has 0 aliphatic carbocycles. The van der Waals surface area contributed by atoms with E-state index in [0.29, 0.717) is 44.2 Å². The van der Waals surface area contributed by atoms with Gasteiger partial charge in [-0.25, -0.2) is 0 Å². The van der Waals surface area contributed by atoms with E-state index in [0.717, 1.165) is 76.1 Å². The van der Waals surface area contributed by atoms with Gasteiger partial charge in [0.05, 0.1) is 44.0 Å². The third kappa shape index (κ3) is 16.4. The van der Waals surface area contributed by atoms with Crippen molar-refractivity contribution in [2.24, 2.45) is 0 Å². The first-order valence-electron chi connectivity index (χ1n) is 19.2. The first-order valence-corrected chi connectivity index (χ1v) is 20.3. The molecule has 2 heterocycles. The van der Waals surface area contributed by atoms with Gasteiger partial charge in [0.1, 0.15) is 0 Å². The van der Waals surface area contributed by atoms with Crippen LogP contribution in [0, 0.1) is 0 Å². The molecule has 0 saturated heterocycles. The Kier molecular flexibility index (Phi) is 19.0. The predicted molar refractivity (Wildman–Crippen MR) is 224 cm³/mol. The average Bonchev–Trinajstić information content (AvgIpc) is 3.89. The third-order valence-corrected chi connectivity index (χ3v) is 9.08. The molecule has 0 amide bonds. The van der Waals surface area contributed by atoms with Gasteiger partial charge in [0, 0.05) is 29.5 Å². The Labute approximate surface area is 359 Å². The number of halogens is 7. The lowest BCUT2D eigenvalue weighted by Gasteiger charge is -2.09. The van der Waals surface area contributed by atoms with Gasteiger partial charge in [-0.05, 0) is 98.0 Å². The summed E-state index contributed by atoms with van der Waals surface area (Å²) in [5.41, 5.74) is 3.56. The van der Waals surface area contributed by atoms with E-state index in [4.69, 9.17) is 9.84 Å². The summed E-state index contributed by atoms with van der Waals surface area (Å²) in [6.45, 7) is 3.72. The largest absolute Gasteiger partial charge is 0.416 e. The first kappa shape index (κ1) is 48.6. The lowest BCUT2D eigenvalue weighted by molar-refractivity contribution is -0.138. The number of hydrogen-bond acceptors (Lipinski definition) is 10. The van der Waals surface area contributed by atoms with Crippen LogP contribution in [0.25, 0.3) is 22.8 Å². The van der Waals surface area contributed by atoms with Crippen molar-refractivity contribution in [3.05, 3.63) is 130 Å². The van der Waals surface area contributed by atoms with Crippen molar-refractivity contribution in [3.8, 4) is 22.8 Å². The molecule has 0 fully saturated rings. The number of ether oxygens (including phenoxy) is 1. The zero-order valence-corrected chi connectivity index (χ0v) is 35.9. The average molecular weight is 920 g/mol. The molecular weight excluding hydrogens is 870 g/mol. The zero-order valence-electron chi connectivity index (χ0n) is 34.3. The monoisotopic (exact) mass is 918 g/mol. The van der Waals surface area contributed by atoms with E-state index in [-0.39, 0.29) is 13.2 Å². The summed E-state index contributed by atoms with van der Waals surface area (Å²) >= 11 is 3.31. The zero-order chi connectivity index (χ0) is 44.4. The van der Waals surface area contributed by atoms with Gasteiger partial charge in [0.2, 0.25) is 11.6 Å². The molecule has 61 heavy (non-hydrogen) atoms. The van der Waals surface area contributed by atoms with Crippen LogP contribution in [0.4, 0.5) is 26.3 Å². The van der Waals surface area contributed by atoms with Gasteiger partial charge < -0.3 is 19.6 Å². The molecule has 12 nitrogen and oxygen atoms in total. The minimum Gasteiger partial charge on any atom is -0.394 e. The molecule has 4 aromatic carbocycles. The van der Waals surface area contributed by atoms with Gasteiger partial charge in [-0.2, -0.15) is 35.9 Å². The maximum Gasteiger partial charge on any atom is 0.416 e. The Morgan fingerprint density at radius 3 is 1.39 bits per heavy atom. The fraction of sp³-hybridized carbons (Fsp3) is 0.381. The molecule has 0 aliphatic rings. The van der Waals surface area contributed by atoms with Gasteiger partial charge in [-0.1, -0.05) is 88.7 Å². The summed E-state index contributed by atoms with van der Waals surface area (Å²) < 4.78 is 81.8. The van der Waals surface area contributed by atoms with Crippen LogP contribution in [-0.2, 0) is 43.0 Å². The smallest absolute Gasteiger partial charge is 0.394 e. The molecule has 0 radical (unpaired) electrons. The number of hydrogen-bond donors (Lipinski definition) is 1. The molecule has 0 bridgehead atoms. The highest BCUT2D eigenvalue weighted by atomic mass is 79.9. The maximum absolute atomic E-state index is 12.8. The van der Waals surface area contributed by atoms with Gasteiger partial charge in [0.25, 0.3) is 0 Å². The van der Waals surface area contributed by atoms with Crippen molar-refractivity contribution in [3.63, 3.8) is 0 Å². The molecule has 6 aromatic rings. The molecule has 0 saturated carbocycles. The van der Waals surface area contributed by atoms with Crippen molar-refractivity contribution in [2.75, 3.05) is 66.4 Å². The lowest BCUT2D eigenvalue weighted by Crippen LogP contribution is -2.19. The Balaban J connectivity index is 0.000000240. The van der Waals surface area contributed by atoms with Gasteiger partial charge in [0.15, 0.2) is 0 Å². The second-order valence-corrected chi connectivity index (χ2v) is 14.9. The minimum absolute atomic E-state index is 0.0942. The Hall–Kier alpha value is -5.08. The number of benzene rings is 4. The van der Waals surface area contributed by atoms with Gasteiger partial charge >= 0.3 is 12.4 Å². The van der Waals surface area contributed by atoms with Gasteiger partial charge in [-0.3, -0.25) is 0 Å². The Bertz CT molecular complexity index is 2180. The van der Waals surface area contributed by atoms with Crippen molar-refractivity contribution >= 4 is 15.9 Å². The van der Waals surface area contributed by atoms with Gasteiger partial charge in [-0.15, -0.1) is 20.4 Å². The summed E-state index contributed by atoms with van der Waals surface area (Å²) in [6.07, 6.45) is -7.76. The fourth-order valence-electron chi connectivity index (χ4n) is 5.49. The number of aliphatic hydroxyl groups excluding tert-OH is 1. The molecule has 6 rings (SSSR count). The van der Waals surface area contributed by atoms with Crippen LogP contribution in [0.3, 0.4) is 0 Å². The van der Waals surface area contributed by atoms with Crippen LogP contribution < -0.4 is 0 Å². The number of nitrogens with zero attached hydrogens (tertiary/aromatic N) is 10. The van der Waals surface area contributed by atoms with Crippen LogP contribution in [-0.4, -0.2) is 122 Å². The molecule has 2 aromatic heterocycles. The summed E-state index contributed by atoms with van der Waals surface area (Å²) in [5, 5.41) is 34.7. The lowest BCUT2D eigenvalue weighted by atomic mass is 9.98. The normalized spacial score (nSPS) is 11.6. The van der Waals surface area contributed by atoms with E-state index in [2.05, 4.69) is 65.7 Å². The highest BCUT2D eigenvalue weighted by Gasteiger charge is 2.30.